The first kappa shape index (κ1) is 14.1. The van der Waals surface area contributed by atoms with Crippen LogP contribution in [-0.2, 0) is 4.79 Å². The SMILES string of the molecule is CC1CCCCC1N(C)C(C(=O)O)c1ccccc1. The highest BCUT2D eigenvalue weighted by Crippen LogP contribution is 2.32. The number of hydrogen-bond donors (Lipinski definition) is 1. The van der Waals surface area contributed by atoms with Crippen LogP contribution in [0, 0.1) is 5.92 Å². The molecule has 1 fully saturated rings. The van der Waals surface area contributed by atoms with E-state index in [1.54, 1.807) is 0 Å². The summed E-state index contributed by atoms with van der Waals surface area (Å²) in [4.78, 5) is 13.7. The molecule has 0 heterocycles. The predicted octanol–water partition coefficient (Wildman–Crippen LogP) is 3.32. The van der Waals surface area contributed by atoms with Gasteiger partial charge in [0.2, 0.25) is 0 Å². The molecular formula is C16H23NO2. The fraction of sp³-hybridized carbons (Fsp3) is 0.562. The molecule has 1 aromatic rings. The van der Waals surface area contributed by atoms with E-state index in [-0.39, 0.29) is 0 Å². The van der Waals surface area contributed by atoms with Gasteiger partial charge in [-0.05, 0) is 31.4 Å². The van der Waals surface area contributed by atoms with Gasteiger partial charge < -0.3 is 5.11 Å². The summed E-state index contributed by atoms with van der Waals surface area (Å²) in [6.45, 7) is 2.24. The second-order valence-corrected chi connectivity index (χ2v) is 5.65. The van der Waals surface area contributed by atoms with E-state index in [0.29, 0.717) is 12.0 Å². The second-order valence-electron chi connectivity index (χ2n) is 5.65. The Morgan fingerprint density at radius 2 is 1.89 bits per heavy atom. The molecule has 0 aliphatic heterocycles. The molecule has 1 N–H and O–H groups in total. The van der Waals surface area contributed by atoms with Crippen LogP contribution in [0.1, 0.15) is 44.2 Å². The van der Waals surface area contributed by atoms with E-state index >= 15 is 0 Å². The van der Waals surface area contributed by atoms with Crippen molar-refractivity contribution in [2.45, 2.75) is 44.7 Å². The number of aliphatic carboxylic acids is 1. The normalized spacial score (nSPS) is 25.2. The molecule has 1 aromatic carbocycles. The van der Waals surface area contributed by atoms with E-state index in [4.69, 9.17) is 0 Å². The van der Waals surface area contributed by atoms with Gasteiger partial charge in [0.1, 0.15) is 6.04 Å². The molecule has 2 rings (SSSR count). The van der Waals surface area contributed by atoms with Crippen molar-refractivity contribution in [1.82, 2.24) is 4.90 Å². The summed E-state index contributed by atoms with van der Waals surface area (Å²) in [5, 5.41) is 9.57. The topological polar surface area (TPSA) is 40.5 Å². The van der Waals surface area contributed by atoms with E-state index in [1.807, 2.05) is 37.4 Å². The number of nitrogens with zero attached hydrogens (tertiary/aromatic N) is 1. The Bertz CT molecular complexity index is 418. The first-order chi connectivity index (χ1) is 9.11. The van der Waals surface area contributed by atoms with Gasteiger partial charge in [0, 0.05) is 6.04 Å². The maximum atomic E-state index is 11.6. The molecule has 0 radical (unpaired) electrons. The third kappa shape index (κ3) is 3.16. The van der Waals surface area contributed by atoms with Crippen LogP contribution in [0.5, 0.6) is 0 Å². The van der Waals surface area contributed by atoms with Crippen molar-refractivity contribution in [3.8, 4) is 0 Å². The Morgan fingerprint density at radius 1 is 1.26 bits per heavy atom. The summed E-state index contributed by atoms with van der Waals surface area (Å²) >= 11 is 0. The van der Waals surface area contributed by atoms with Gasteiger partial charge in [0.05, 0.1) is 0 Å². The number of carboxylic acids is 1. The largest absolute Gasteiger partial charge is 0.480 e. The van der Waals surface area contributed by atoms with Crippen LogP contribution < -0.4 is 0 Å². The minimum atomic E-state index is -0.758. The van der Waals surface area contributed by atoms with Crippen LogP contribution >= 0.6 is 0 Å². The van der Waals surface area contributed by atoms with Gasteiger partial charge in [-0.25, -0.2) is 0 Å². The molecule has 0 aromatic heterocycles. The average Bonchev–Trinajstić information content (AvgIpc) is 2.40. The molecule has 0 saturated heterocycles. The zero-order valence-corrected chi connectivity index (χ0v) is 11.7. The molecule has 3 nitrogen and oxygen atoms in total. The number of hydrogen-bond acceptors (Lipinski definition) is 2. The predicted molar refractivity (Wildman–Crippen MR) is 76.0 cm³/mol. The van der Waals surface area contributed by atoms with E-state index < -0.39 is 12.0 Å². The van der Waals surface area contributed by atoms with Gasteiger partial charge in [-0.1, -0.05) is 50.1 Å². The van der Waals surface area contributed by atoms with E-state index in [2.05, 4.69) is 11.8 Å². The molecule has 3 atom stereocenters. The molecule has 1 aliphatic rings. The van der Waals surface area contributed by atoms with Crippen LogP contribution in [0.15, 0.2) is 30.3 Å². The van der Waals surface area contributed by atoms with Gasteiger partial charge in [0.15, 0.2) is 0 Å². The lowest BCUT2D eigenvalue weighted by Gasteiger charge is -2.39. The summed E-state index contributed by atoms with van der Waals surface area (Å²) in [5.41, 5.74) is 0.871. The van der Waals surface area contributed by atoms with Crippen molar-refractivity contribution in [2.75, 3.05) is 7.05 Å². The van der Waals surface area contributed by atoms with Crippen LogP contribution in [0.4, 0.5) is 0 Å². The van der Waals surface area contributed by atoms with Crippen molar-refractivity contribution in [3.63, 3.8) is 0 Å². The zero-order chi connectivity index (χ0) is 13.8. The smallest absolute Gasteiger partial charge is 0.325 e. The second kappa shape index (κ2) is 6.20. The number of likely N-dealkylation sites (N-methyl/N-ethyl adjacent to an activating group) is 1. The summed E-state index contributed by atoms with van der Waals surface area (Å²) in [5.74, 6) is -0.184. The van der Waals surface area contributed by atoms with Crippen molar-refractivity contribution in [1.29, 1.82) is 0 Å². The maximum Gasteiger partial charge on any atom is 0.325 e. The first-order valence-corrected chi connectivity index (χ1v) is 7.11. The molecule has 3 unspecified atom stereocenters. The minimum absolute atomic E-state index is 0.370. The van der Waals surface area contributed by atoms with Crippen LogP contribution in [0.3, 0.4) is 0 Å². The standard InChI is InChI=1S/C16H23NO2/c1-12-8-6-7-11-14(12)17(2)15(16(18)19)13-9-4-3-5-10-13/h3-5,9-10,12,14-15H,6-8,11H2,1-2H3,(H,18,19). The fourth-order valence-corrected chi connectivity index (χ4v) is 3.28. The highest BCUT2D eigenvalue weighted by Gasteiger charge is 2.33. The van der Waals surface area contributed by atoms with Crippen molar-refractivity contribution in [3.05, 3.63) is 35.9 Å². The molecule has 104 valence electrons. The van der Waals surface area contributed by atoms with Gasteiger partial charge in [-0.3, -0.25) is 9.69 Å². The zero-order valence-electron chi connectivity index (χ0n) is 11.7. The lowest BCUT2D eigenvalue weighted by atomic mass is 9.84. The van der Waals surface area contributed by atoms with Crippen LogP contribution in [-0.4, -0.2) is 29.1 Å². The van der Waals surface area contributed by atoms with Crippen LogP contribution in [0.25, 0.3) is 0 Å². The summed E-state index contributed by atoms with van der Waals surface area (Å²) in [6, 6.07) is 9.38. The Morgan fingerprint density at radius 3 is 2.47 bits per heavy atom. The summed E-state index contributed by atoms with van der Waals surface area (Å²) < 4.78 is 0. The molecule has 3 heteroatoms. The van der Waals surface area contributed by atoms with Crippen molar-refractivity contribution in [2.24, 2.45) is 5.92 Å². The lowest BCUT2D eigenvalue weighted by Crippen LogP contribution is -2.43. The minimum Gasteiger partial charge on any atom is -0.480 e. The third-order valence-electron chi connectivity index (χ3n) is 4.35. The van der Waals surface area contributed by atoms with Gasteiger partial charge >= 0.3 is 5.97 Å². The van der Waals surface area contributed by atoms with Gasteiger partial charge in [0.25, 0.3) is 0 Å². The molecule has 0 spiro atoms. The summed E-state index contributed by atoms with van der Waals surface area (Å²) in [7, 11) is 1.96. The molecule has 0 amide bonds. The highest BCUT2D eigenvalue weighted by molar-refractivity contribution is 5.75. The quantitative estimate of drug-likeness (QED) is 0.904. The molecular weight excluding hydrogens is 238 g/mol. The number of benzene rings is 1. The van der Waals surface area contributed by atoms with Gasteiger partial charge in [-0.15, -0.1) is 0 Å². The first-order valence-electron chi connectivity index (χ1n) is 7.11. The molecule has 19 heavy (non-hydrogen) atoms. The van der Waals surface area contributed by atoms with E-state index in [1.165, 1.54) is 19.3 Å². The van der Waals surface area contributed by atoms with Crippen LogP contribution in [0.2, 0.25) is 0 Å². The molecule has 1 saturated carbocycles. The number of carboxylic acid groups (broad SMARTS) is 1. The Labute approximate surface area is 115 Å². The van der Waals surface area contributed by atoms with Crippen molar-refractivity contribution < 1.29 is 9.90 Å². The lowest BCUT2D eigenvalue weighted by molar-refractivity contribution is -0.144. The monoisotopic (exact) mass is 261 g/mol. The third-order valence-corrected chi connectivity index (χ3v) is 4.35. The van der Waals surface area contributed by atoms with E-state index in [9.17, 15) is 9.90 Å². The Hall–Kier alpha value is -1.35. The Balaban J connectivity index is 2.21. The molecule has 0 bridgehead atoms. The maximum absolute atomic E-state index is 11.6. The van der Waals surface area contributed by atoms with Crippen molar-refractivity contribution >= 4 is 5.97 Å². The average molecular weight is 261 g/mol. The van der Waals surface area contributed by atoms with E-state index in [0.717, 1.165) is 12.0 Å². The fourth-order valence-electron chi connectivity index (χ4n) is 3.28. The molecule has 1 aliphatic carbocycles. The number of carbonyl (C=O) groups is 1. The van der Waals surface area contributed by atoms with Gasteiger partial charge in [-0.2, -0.15) is 0 Å². The Kier molecular flexibility index (Phi) is 4.59. The highest BCUT2D eigenvalue weighted by atomic mass is 16.4. The summed E-state index contributed by atoms with van der Waals surface area (Å²) in [6.07, 6.45) is 4.79. The number of rotatable bonds is 4.